The number of nitrogens with one attached hydrogen (secondary N) is 1. The van der Waals surface area contributed by atoms with Gasteiger partial charge in [0.2, 0.25) is 5.91 Å². The van der Waals surface area contributed by atoms with E-state index >= 15 is 0 Å². The van der Waals surface area contributed by atoms with Gasteiger partial charge in [0.25, 0.3) is 0 Å². The summed E-state index contributed by atoms with van der Waals surface area (Å²) in [6.45, 7) is 1.98. The van der Waals surface area contributed by atoms with Crippen LogP contribution in [0.5, 0.6) is 5.75 Å². The van der Waals surface area contributed by atoms with E-state index < -0.39 is 12.0 Å². The topological polar surface area (TPSA) is 93.8 Å². The lowest BCUT2D eigenvalue weighted by Crippen LogP contribution is -2.33. The summed E-state index contributed by atoms with van der Waals surface area (Å²) in [5.41, 5.74) is 8.31. The molecule has 1 aromatic rings. The summed E-state index contributed by atoms with van der Waals surface area (Å²) >= 11 is 0. The lowest BCUT2D eigenvalue weighted by molar-refractivity contribution is -0.125. The fourth-order valence-electron chi connectivity index (χ4n) is 1.24. The smallest absolute Gasteiger partial charge is 0.245 e. The summed E-state index contributed by atoms with van der Waals surface area (Å²) in [5.74, 6) is 0.155. The maximum atomic E-state index is 10.4. The number of carbonyl (C=O) groups excluding carboxylic acids is 1. The minimum atomic E-state index is -0.738. The van der Waals surface area contributed by atoms with Crippen molar-refractivity contribution >= 4 is 5.91 Å². The van der Waals surface area contributed by atoms with Crippen molar-refractivity contribution in [1.82, 2.24) is 5.48 Å². The van der Waals surface area contributed by atoms with Crippen molar-refractivity contribution in [2.75, 3.05) is 19.8 Å². The number of hydrogen-bond donors (Lipinski definition) is 3. The third-order valence-electron chi connectivity index (χ3n) is 2.16. The first-order valence-corrected chi connectivity index (χ1v) is 5.59. The van der Waals surface area contributed by atoms with Crippen molar-refractivity contribution in [1.29, 1.82) is 0 Å². The number of para-hydroxylation sites is 1. The van der Waals surface area contributed by atoms with E-state index in [2.05, 4.69) is 5.48 Å². The van der Waals surface area contributed by atoms with E-state index in [0.29, 0.717) is 0 Å². The second-order valence-corrected chi connectivity index (χ2v) is 3.83. The Labute approximate surface area is 106 Å². The molecule has 1 atom stereocenters. The van der Waals surface area contributed by atoms with E-state index in [-0.39, 0.29) is 19.8 Å². The first-order chi connectivity index (χ1) is 8.59. The van der Waals surface area contributed by atoms with Gasteiger partial charge in [-0.3, -0.25) is 9.63 Å². The van der Waals surface area contributed by atoms with Crippen LogP contribution in [0.2, 0.25) is 0 Å². The van der Waals surface area contributed by atoms with Gasteiger partial charge in [0.15, 0.2) is 0 Å². The Balaban J connectivity index is 2.19. The Morgan fingerprint density at radius 3 is 2.89 bits per heavy atom. The summed E-state index contributed by atoms with van der Waals surface area (Å²) in [6.07, 6.45) is -0.738. The van der Waals surface area contributed by atoms with Gasteiger partial charge in [0, 0.05) is 0 Å². The molecule has 100 valence electrons. The first kappa shape index (κ1) is 14.4. The molecular formula is C12H18N2O4. The van der Waals surface area contributed by atoms with Crippen molar-refractivity contribution in [3.63, 3.8) is 0 Å². The predicted molar refractivity (Wildman–Crippen MR) is 65.8 cm³/mol. The highest BCUT2D eigenvalue weighted by Crippen LogP contribution is 2.16. The number of rotatable bonds is 8. The van der Waals surface area contributed by atoms with Crippen LogP contribution in [0.25, 0.3) is 0 Å². The van der Waals surface area contributed by atoms with Crippen LogP contribution in [-0.2, 0) is 9.63 Å². The highest BCUT2D eigenvalue weighted by Gasteiger charge is 2.06. The molecule has 0 saturated heterocycles. The third-order valence-corrected chi connectivity index (χ3v) is 2.16. The molecule has 0 aliphatic heterocycles. The van der Waals surface area contributed by atoms with Crippen molar-refractivity contribution in [3.05, 3.63) is 29.8 Å². The van der Waals surface area contributed by atoms with Crippen molar-refractivity contribution in [2.24, 2.45) is 5.73 Å². The second kappa shape index (κ2) is 7.65. The molecule has 0 bridgehead atoms. The Hall–Kier alpha value is -1.63. The number of carbonyl (C=O) groups is 1. The fourth-order valence-corrected chi connectivity index (χ4v) is 1.24. The molecule has 0 spiro atoms. The summed E-state index contributed by atoms with van der Waals surface area (Å²) in [4.78, 5) is 15.1. The molecule has 0 aromatic heterocycles. The van der Waals surface area contributed by atoms with Crippen molar-refractivity contribution < 1.29 is 19.5 Å². The van der Waals surface area contributed by atoms with E-state index in [1.54, 1.807) is 0 Å². The molecule has 0 aliphatic carbocycles. The molecule has 0 fully saturated rings. The molecule has 1 aromatic carbocycles. The summed E-state index contributed by atoms with van der Waals surface area (Å²) in [5, 5.41) is 9.58. The quantitative estimate of drug-likeness (QED) is 0.439. The van der Waals surface area contributed by atoms with Gasteiger partial charge in [-0.15, -0.1) is 0 Å². The molecule has 0 saturated carbocycles. The molecule has 18 heavy (non-hydrogen) atoms. The number of nitrogens with two attached hydrogens (primary N) is 1. The van der Waals surface area contributed by atoms with E-state index in [4.69, 9.17) is 15.3 Å². The maximum absolute atomic E-state index is 10.4. The number of aliphatic hydroxyl groups excluding tert-OH is 1. The van der Waals surface area contributed by atoms with Gasteiger partial charge in [-0.25, -0.2) is 0 Å². The number of primary amides is 1. The fraction of sp³-hybridized carbons (Fsp3) is 0.417. The number of ether oxygens (including phenoxy) is 1. The molecule has 0 heterocycles. The number of benzene rings is 1. The SMILES string of the molecule is Cc1ccccc1OCC(O)CNOCC(N)=O. The van der Waals surface area contributed by atoms with E-state index in [9.17, 15) is 9.90 Å². The zero-order valence-electron chi connectivity index (χ0n) is 10.3. The molecule has 6 nitrogen and oxygen atoms in total. The van der Waals surface area contributed by atoms with Crippen molar-refractivity contribution in [2.45, 2.75) is 13.0 Å². The van der Waals surface area contributed by atoms with Crippen LogP contribution in [0.3, 0.4) is 0 Å². The zero-order chi connectivity index (χ0) is 13.4. The number of amides is 1. The number of aliphatic hydroxyl groups is 1. The van der Waals surface area contributed by atoms with Crippen molar-refractivity contribution in [3.8, 4) is 5.75 Å². The first-order valence-electron chi connectivity index (χ1n) is 5.59. The standard InChI is InChI=1S/C12H18N2O4/c1-9-4-2-3-5-11(9)17-7-10(15)6-14-18-8-12(13)16/h2-5,10,14-15H,6-8H2,1H3,(H2,13,16). The number of hydroxylamine groups is 1. The van der Waals surface area contributed by atoms with Crippen LogP contribution in [-0.4, -0.2) is 36.9 Å². The predicted octanol–water partition coefficient (Wildman–Crippen LogP) is -0.259. The molecule has 1 rings (SSSR count). The Morgan fingerprint density at radius 2 is 2.22 bits per heavy atom. The maximum Gasteiger partial charge on any atom is 0.245 e. The molecule has 4 N–H and O–H groups in total. The molecule has 1 amide bonds. The largest absolute Gasteiger partial charge is 0.491 e. The normalized spacial score (nSPS) is 12.1. The Kier molecular flexibility index (Phi) is 6.13. The average molecular weight is 254 g/mol. The third kappa shape index (κ3) is 5.62. The number of aryl methyl sites for hydroxylation is 1. The Bertz CT molecular complexity index is 384. The van der Waals surface area contributed by atoms with Crippen LogP contribution >= 0.6 is 0 Å². The Morgan fingerprint density at radius 1 is 1.50 bits per heavy atom. The average Bonchev–Trinajstić information content (AvgIpc) is 2.33. The van der Waals surface area contributed by atoms with Crippen LogP contribution in [0, 0.1) is 6.92 Å². The van der Waals surface area contributed by atoms with E-state index in [1.807, 2.05) is 31.2 Å². The summed E-state index contributed by atoms with van der Waals surface area (Å²) < 4.78 is 5.44. The van der Waals surface area contributed by atoms with Gasteiger partial charge < -0.3 is 15.6 Å². The molecule has 0 radical (unpaired) electrons. The molecule has 6 heteroatoms. The highest BCUT2D eigenvalue weighted by molar-refractivity contribution is 5.74. The van der Waals surface area contributed by atoms with E-state index in [0.717, 1.165) is 11.3 Å². The zero-order valence-corrected chi connectivity index (χ0v) is 10.3. The molecule has 0 aliphatic rings. The molecule has 1 unspecified atom stereocenters. The lowest BCUT2D eigenvalue weighted by atomic mass is 10.2. The van der Waals surface area contributed by atoms with E-state index in [1.165, 1.54) is 0 Å². The van der Waals surface area contributed by atoms with Gasteiger partial charge in [-0.1, -0.05) is 18.2 Å². The van der Waals surface area contributed by atoms with Crippen LogP contribution in [0.4, 0.5) is 0 Å². The van der Waals surface area contributed by atoms with Crippen LogP contribution in [0.15, 0.2) is 24.3 Å². The summed E-state index contributed by atoms with van der Waals surface area (Å²) in [7, 11) is 0. The monoisotopic (exact) mass is 254 g/mol. The minimum Gasteiger partial charge on any atom is -0.491 e. The van der Waals surface area contributed by atoms with Gasteiger partial charge in [-0.2, -0.15) is 5.48 Å². The van der Waals surface area contributed by atoms with Gasteiger partial charge in [0.05, 0.1) is 6.54 Å². The van der Waals surface area contributed by atoms with Gasteiger partial charge in [0.1, 0.15) is 25.1 Å². The summed E-state index contributed by atoms with van der Waals surface area (Å²) in [6, 6.07) is 7.54. The van der Waals surface area contributed by atoms with Gasteiger partial charge in [-0.05, 0) is 18.6 Å². The van der Waals surface area contributed by atoms with Crippen LogP contribution < -0.4 is 16.0 Å². The molecular weight excluding hydrogens is 236 g/mol. The lowest BCUT2D eigenvalue weighted by Gasteiger charge is -2.14. The van der Waals surface area contributed by atoms with Crippen LogP contribution in [0.1, 0.15) is 5.56 Å². The second-order valence-electron chi connectivity index (χ2n) is 3.83. The highest BCUT2D eigenvalue weighted by atomic mass is 16.6. The number of hydrogen-bond acceptors (Lipinski definition) is 5. The minimum absolute atomic E-state index is 0.137. The van der Waals surface area contributed by atoms with Gasteiger partial charge >= 0.3 is 0 Å².